The van der Waals surface area contributed by atoms with Gasteiger partial charge < -0.3 is 31.6 Å². The lowest BCUT2D eigenvalue weighted by Crippen LogP contribution is -2.37. The van der Waals surface area contributed by atoms with Crippen LogP contribution in [0.1, 0.15) is 55.8 Å². The van der Waals surface area contributed by atoms with Crippen LogP contribution >= 0.6 is 11.3 Å². The van der Waals surface area contributed by atoms with Crippen LogP contribution in [0.4, 0.5) is 5.82 Å². The second-order valence-corrected chi connectivity index (χ2v) is 12.4. The highest BCUT2D eigenvalue weighted by atomic mass is 32.1. The molecule has 0 saturated heterocycles. The smallest absolute Gasteiger partial charge is 0.335 e. The fourth-order valence-corrected chi connectivity index (χ4v) is 6.83. The predicted octanol–water partition coefficient (Wildman–Crippen LogP) is 4.78. The van der Waals surface area contributed by atoms with Crippen molar-refractivity contribution in [2.75, 3.05) is 5.73 Å². The van der Waals surface area contributed by atoms with Crippen molar-refractivity contribution in [1.29, 1.82) is 0 Å². The molecule has 0 aliphatic rings. The number of benzene rings is 4. The molecule has 7 aromatic rings. The van der Waals surface area contributed by atoms with Crippen LogP contribution in [0.5, 0.6) is 11.5 Å². The van der Waals surface area contributed by atoms with Gasteiger partial charge in [-0.15, -0.1) is 11.3 Å². The van der Waals surface area contributed by atoms with Gasteiger partial charge in [0.25, 0.3) is 0 Å². The fourth-order valence-electron chi connectivity index (χ4n) is 5.91. The van der Waals surface area contributed by atoms with Gasteiger partial charge in [0.2, 0.25) is 0 Å². The Bertz CT molecular complexity index is 2310. The first-order valence-corrected chi connectivity index (χ1v) is 16.3. The van der Waals surface area contributed by atoms with E-state index in [9.17, 15) is 30.0 Å². The SMILES string of the molecule is CCc1ncc(C[n+]2ccc3ccsc3c2C)c(N)n1.O.O=C(O)c1cc2ccccc2c(Cc2c([O-])c(C(=O)O)cc3ccccc23)c1[O-]. The lowest BCUT2D eigenvalue weighted by atomic mass is 9.90. The zero-order valence-corrected chi connectivity index (χ0v) is 28.0. The molecule has 4 aromatic carbocycles. The number of anilines is 1. The van der Waals surface area contributed by atoms with Gasteiger partial charge in [0, 0.05) is 31.0 Å². The number of hydrogen-bond donors (Lipinski definition) is 3. The maximum atomic E-state index is 12.9. The molecule has 0 atom stereocenters. The van der Waals surface area contributed by atoms with E-state index in [0.29, 0.717) is 33.9 Å². The predicted molar refractivity (Wildman–Crippen MR) is 189 cm³/mol. The lowest BCUT2D eigenvalue weighted by molar-refractivity contribution is -0.692. The van der Waals surface area contributed by atoms with E-state index in [2.05, 4.69) is 45.2 Å². The molecule has 254 valence electrons. The topological polar surface area (TPSA) is 208 Å². The van der Waals surface area contributed by atoms with Gasteiger partial charge in [-0.1, -0.05) is 67.0 Å². The third-order valence-corrected chi connectivity index (χ3v) is 9.56. The fraction of sp³-hybridized carbons (Fsp3) is 0.132. The van der Waals surface area contributed by atoms with Crippen LogP contribution in [0.25, 0.3) is 31.6 Å². The van der Waals surface area contributed by atoms with Gasteiger partial charge in [0.1, 0.15) is 16.3 Å². The van der Waals surface area contributed by atoms with Crippen LogP contribution in [0.3, 0.4) is 0 Å². The Balaban J connectivity index is 0.000000203. The first-order chi connectivity index (χ1) is 23.6. The number of nitrogens with zero attached hydrogens (tertiary/aromatic N) is 3. The summed E-state index contributed by atoms with van der Waals surface area (Å²) < 4.78 is 3.51. The van der Waals surface area contributed by atoms with Gasteiger partial charge in [0.05, 0.1) is 16.7 Å². The Morgan fingerprint density at radius 2 is 1.42 bits per heavy atom. The third kappa shape index (κ3) is 6.75. The summed E-state index contributed by atoms with van der Waals surface area (Å²) >= 11 is 1.77. The van der Waals surface area contributed by atoms with Gasteiger partial charge >= 0.3 is 11.9 Å². The number of aromatic nitrogens is 3. The van der Waals surface area contributed by atoms with Crippen LogP contribution in [0.15, 0.2) is 90.6 Å². The van der Waals surface area contributed by atoms with Gasteiger partial charge in [0.15, 0.2) is 18.4 Å². The van der Waals surface area contributed by atoms with Crippen molar-refractivity contribution in [3.8, 4) is 11.5 Å². The first kappa shape index (κ1) is 35.2. The first-order valence-electron chi connectivity index (χ1n) is 15.4. The van der Waals surface area contributed by atoms with Gasteiger partial charge in [-0.25, -0.2) is 19.6 Å². The van der Waals surface area contributed by atoms with Gasteiger partial charge in [-0.05, 0) is 62.7 Å². The minimum atomic E-state index is -1.35. The number of pyridine rings is 1. The molecular formula is C38H33N4O7S-. The number of nitrogens with two attached hydrogens (primary N) is 1. The average Bonchev–Trinajstić information content (AvgIpc) is 3.58. The maximum absolute atomic E-state index is 12.9. The Morgan fingerprint density at radius 1 is 0.860 bits per heavy atom. The quantitative estimate of drug-likeness (QED) is 0.196. The molecule has 0 spiro atoms. The second-order valence-electron chi connectivity index (χ2n) is 11.5. The number of aromatic carboxylic acids is 2. The molecule has 7 rings (SSSR count). The van der Waals surface area contributed by atoms with Crippen molar-refractivity contribution in [2.45, 2.75) is 33.2 Å². The van der Waals surface area contributed by atoms with Crippen molar-refractivity contribution in [3.63, 3.8) is 0 Å². The average molecular weight is 690 g/mol. The van der Waals surface area contributed by atoms with E-state index in [1.54, 1.807) is 59.9 Å². The summed E-state index contributed by atoms with van der Waals surface area (Å²) in [5.74, 6) is -2.69. The molecule has 0 aliphatic heterocycles. The number of hydrogen-bond acceptors (Lipinski definition) is 8. The molecule has 0 radical (unpaired) electrons. The minimum Gasteiger partial charge on any atom is -0.872 e. The Labute approximate surface area is 290 Å². The summed E-state index contributed by atoms with van der Waals surface area (Å²) in [6.07, 6.45) is 4.57. The monoisotopic (exact) mass is 689 g/mol. The van der Waals surface area contributed by atoms with Crippen molar-refractivity contribution in [1.82, 2.24) is 9.97 Å². The molecule has 6 N–H and O–H groups in total. The molecule has 0 saturated carbocycles. The highest BCUT2D eigenvalue weighted by Gasteiger charge is 2.17. The standard InChI is InChI=1S/C23H16O6.C15H17N4S.H2O/c24-20-16(14-7-3-1-5-12(14)9-18(20)22(26)27)11-17-15-8-4-2-6-13(15)10-19(21(17)25)23(28)29;1-3-13-17-8-12(15(16)18-13)9-19-6-4-11-5-7-20-14(11)10(19)2;/h1-10,24-25H,11H2,(H,26,27)(H,28,29);4-8H,3,9H2,1-2H3,(H2,16,17,18);1H2/q;+1;/p-2. The van der Waals surface area contributed by atoms with Crippen molar-refractivity contribution in [2.24, 2.45) is 0 Å². The van der Waals surface area contributed by atoms with E-state index in [0.717, 1.165) is 17.8 Å². The van der Waals surface area contributed by atoms with E-state index in [1.165, 1.54) is 27.9 Å². The van der Waals surface area contributed by atoms with E-state index in [1.807, 2.05) is 13.1 Å². The molecule has 0 amide bonds. The van der Waals surface area contributed by atoms with E-state index in [4.69, 9.17) is 5.73 Å². The molecule has 0 unspecified atom stereocenters. The molecule has 11 nitrogen and oxygen atoms in total. The molecule has 0 bridgehead atoms. The minimum absolute atomic E-state index is 0. The summed E-state index contributed by atoms with van der Waals surface area (Å²) in [6.45, 7) is 4.86. The Kier molecular flexibility index (Phi) is 10.3. The number of carboxylic acids is 2. The van der Waals surface area contributed by atoms with Crippen molar-refractivity contribution < 1.29 is 40.1 Å². The van der Waals surface area contributed by atoms with Crippen molar-refractivity contribution >= 4 is 60.7 Å². The Morgan fingerprint density at radius 3 is 1.94 bits per heavy atom. The van der Waals surface area contributed by atoms with Crippen LogP contribution < -0.4 is 20.5 Å². The molecule has 50 heavy (non-hydrogen) atoms. The maximum Gasteiger partial charge on any atom is 0.335 e. The summed E-state index contributed by atoms with van der Waals surface area (Å²) in [4.78, 5) is 31.8. The number of aryl methyl sites for hydroxylation is 2. The summed E-state index contributed by atoms with van der Waals surface area (Å²) in [5, 5.41) is 50.2. The molecule has 3 aromatic heterocycles. The molecule has 12 heteroatoms. The largest absolute Gasteiger partial charge is 0.872 e. The van der Waals surface area contributed by atoms with Crippen LogP contribution in [-0.4, -0.2) is 37.6 Å². The normalized spacial score (nSPS) is 10.8. The van der Waals surface area contributed by atoms with E-state index in [-0.39, 0.29) is 34.2 Å². The number of carboxylic acid groups (broad SMARTS) is 2. The summed E-state index contributed by atoms with van der Waals surface area (Å²) in [6, 6.07) is 20.5. The summed E-state index contributed by atoms with van der Waals surface area (Å²) in [7, 11) is 0. The Hall–Kier alpha value is -6.11. The third-order valence-electron chi connectivity index (χ3n) is 8.52. The number of fused-ring (bicyclic) bond motifs is 3. The van der Waals surface area contributed by atoms with Gasteiger partial charge in [-0.2, -0.15) is 4.57 Å². The highest BCUT2D eigenvalue weighted by molar-refractivity contribution is 7.17. The van der Waals surface area contributed by atoms with E-state index >= 15 is 0 Å². The van der Waals surface area contributed by atoms with Gasteiger partial charge in [-0.3, -0.25) is 0 Å². The molecule has 0 aliphatic carbocycles. The number of rotatable bonds is 7. The highest BCUT2D eigenvalue weighted by Crippen LogP contribution is 2.37. The van der Waals surface area contributed by atoms with E-state index < -0.39 is 23.4 Å². The van der Waals surface area contributed by atoms with Crippen molar-refractivity contribution in [3.05, 3.63) is 130 Å². The summed E-state index contributed by atoms with van der Waals surface area (Å²) in [5.41, 5.74) is 7.78. The molecule has 3 heterocycles. The lowest BCUT2D eigenvalue weighted by Gasteiger charge is -2.24. The van der Waals surface area contributed by atoms with Crippen LogP contribution in [0.2, 0.25) is 0 Å². The molecular weight excluding hydrogens is 657 g/mol. The number of carbonyl (C=O) groups is 2. The zero-order valence-electron chi connectivity index (χ0n) is 27.1. The van der Waals surface area contributed by atoms with Crippen LogP contribution in [-0.2, 0) is 19.4 Å². The second kappa shape index (κ2) is 14.6. The van der Waals surface area contributed by atoms with Crippen LogP contribution in [0, 0.1) is 6.92 Å². The number of nitrogen functional groups attached to an aromatic ring is 1. The molecule has 0 fully saturated rings. The zero-order chi connectivity index (χ0) is 34.8. The number of thiophene rings is 1.